The quantitative estimate of drug-likeness (QED) is 0.324. The molecule has 0 atom stereocenters. The van der Waals surface area contributed by atoms with Gasteiger partial charge >= 0.3 is 0 Å². The largest absolute Gasteiger partial charge is 0.347 e. The molecule has 0 fully saturated rings. The van der Waals surface area contributed by atoms with Crippen molar-refractivity contribution in [2.45, 2.75) is 26.2 Å². The predicted molar refractivity (Wildman–Crippen MR) is 134 cm³/mol. The van der Waals surface area contributed by atoms with Gasteiger partial charge in [0.1, 0.15) is 5.01 Å². The van der Waals surface area contributed by atoms with Gasteiger partial charge in [-0.1, -0.05) is 38.1 Å². The highest BCUT2D eigenvalue weighted by Gasteiger charge is 2.37. The van der Waals surface area contributed by atoms with Crippen LogP contribution in [0, 0.1) is 6.92 Å². The van der Waals surface area contributed by atoms with Crippen LogP contribution in [-0.4, -0.2) is 18.2 Å². The zero-order chi connectivity index (χ0) is 21.6. The number of thiazole rings is 1. The number of aromatic nitrogens is 1. The summed E-state index contributed by atoms with van der Waals surface area (Å²) in [5, 5.41) is 1.05. The third-order valence-corrected chi connectivity index (χ3v) is 7.12. The molecule has 0 saturated carbocycles. The summed E-state index contributed by atoms with van der Waals surface area (Å²) in [4.78, 5) is 11.7. The van der Waals surface area contributed by atoms with E-state index in [2.05, 4.69) is 111 Å². The van der Waals surface area contributed by atoms with E-state index in [1.807, 2.05) is 6.21 Å². The van der Waals surface area contributed by atoms with E-state index < -0.39 is 0 Å². The first kappa shape index (κ1) is 19.7. The number of allylic oxidation sites excluding steroid dienone is 2. The molecule has 1 aromatic heterocycles. The van der Waals surface area contributed by atoms with Gasteiger partial charge in [0.05, 0.1) is 15.9 Å². The molecule has 5 rings (SSSR count). The molecule has 3 nitrogen and oxygen atoms in total. The van der Waals surface area contributed by atoms with E-state index >= 15 is 0 Å². The first-order chi connectivity index (χ1) is 14.9. The van der Waals surface area contributed by atoms with Gasteiger partial charge in [-0.2, -0.15) is 0 Å². The standard InChI is InChI=1S/C27H25N3S/c1-18-9-14-22-24(17-18)31-26(29-22)19-10-12-20(13-11-19)28-16-15-25-27(2,3)21-7-5-6-8-23(21)30(25)4/h5-17H,1-4H3/b25-15-,28-16?. The molecule has 4 heteroatoms. The van der Waals surface area contributed by atoms with Gasteiger partial charge in [-0.05, 0) is 66.6 Å². The second kappa shape index (κ2) is 7.47. The molecule has 0 bridgehead atoms. The second-order valence-corrected chi connectivity index (χ2v) is 9.60. The highest BCUT2D eigenvalue weighted by molar-refractivity contribution is 7.21. The van der Waals surface area contributed by atoms with Crippen molar-refractivity contribution < 1.29 is 0 Å². The number of para-hydroxylation sites is 1. The Hall–Kier alpha value is -3.24. The number of benzene rings is 3. The normalized spacial score (nSPS) is 16.5. The van der Waals surface area contributed by atoms with Gasteiger partial charge in [0.25, 0.3) is 0 Å². The lowest BCUT2D eigenvalue weighted by Gasteiger charge is -2.23. The third kappa shape index (κ3) is 3.47. The van der Waals surface area contributed by atoms with E-state index in [1.54, 1.807) is 11.3 Å². The molecule has 2 heterocycles. The first-order valence-electron chi connectivity index (χ1n) is 10.5. The smallest absolute Gasteiger partial charge is 0.124 e. The SMILES string of the molecule is Cc1ccc2nc(-c3ccc(N=C/C=C4\N(C)c5ccccc5C4(C)C)cc3)sc2c1. The zero-order valence-electron chi connectivity index (χ0n) is 18.3. The molecule has 1 aliphatic rings. The fourth-order valence-corrected chi connectivity index (χ4v) is 5.41. The highest BCUT2D eigenvalue weighted by atomic mass is 32.1. The summed E-state index contributed by atoms with van der Waals surface area (Å²) in [7, 11) is 2.13. The number of rotatable bonds is 3. The van der Waals surface area contributed by atoms with Crippen LogP contribution < -0.4 is 4.90 Å². The van der Waals surface area contributed by atoms with E-state index in [-0.39, 0.29) is 5.41 Å². The second-order valence-electron chi connectivity index (χ2n) is 8.57. The van der Waals surface area contributed by atoms with Crippen LogP contribution >= 0.6 is 11.3 Å². The van der Waals surface area contributed by atoms with Gasteiger partial charge in [-0.15, -0.1) is 11.3 Å². The van der Waals surface area contributed by atoms with Crippen LogP contribution in [0.3, 0.4) is 0 Å². The number of likely N-dealkylation sites (N-methyl/N-ethyl adjacent to an activating group) is 1. The van der Waals surface area contributed by atoms with E-state index in [0.29, 0.717) is 0 Å². The maximum absolute atomic E-state index is 4.78. The van der Waals surface area contributed by atoms with Crippen LogP contribution in [0.25, 0.3) is 20.8 Å². The summed E-state index contributed by atoms with van der Waals surface area (Å²) in [5.41, 5.74) is 8.22. The summed E-state index contributed by atoms with van der Waals surface area (Å²) in [6.45, 7) is 6.65. The molecule has 1 aliphatic heterocycles. The monoisotopic (exact) mass is 423 g/mol. The average molecular weight is 424 g/mol. The van der Waals surface area contributed by atoms with Crippen molar-refractivity contribution in [2.75, 3.05) is 11.9 Å². The van der Waals surface area contributed by atoms with Crippen LogP contribution in [0.1, 0.15) is 25.0 Å². The maximum atomic E-state index is 4.78. The van der Waals surface area contributed by atoms with Gasteiger partial charge in [0.2, 0.25) is 0 Å². The van der Waals surface area contributed by atoms with Gasteiger partial charge in [-0.3, -0.25) is 4.99 Å². The minimum atomic E-state index is -0.0353. The lowest BCUT2D eigenvalue weighted by atomic mass is 9.84. The Morgan fingerprint density at radius 1 is 1.00 bits per heavy atom. The van der Waals surface area contributed by atoms with Crippen molar-refractivity contribution in [3.8, 4) is 10.6 Å². The van der Waals surface area contributed by atoms with Gasteiger partial charge in [-0.25, -0.2) is 4.98 Å². The Kier molecular flexibility index (Phi) is 4.75. The Morgan fingerprint density at radius 2 is 1.77 bits per heavy atom. The van der Waals surface area contributed by atoms with Crippen LogP contribution in [0.5, 0.6) is 0 Å². The summed E-state index contributed by atoms with van der Waals surface area (Å²) in [6, 6.07) is 23.3. The lowest BCUT2D eigenvalue weighted by Crippen LogP contribution is -2.22. The molecule has 0 amide bonds. The summed E-state index contributed by atoms with van der Waals surface area (Å²) >= 11 is 1.73. The van der Waals surface area contributed by atoms with Gasteiger partial charge in [0, 0.05) is 35.6 Å². The van der Waals surface area contributed by atoms with Crippen molar-refractivity contribution in [3.05, 3.63) is 89.6 Å². The minimum Gasteiger partial charge on any atom is -0.347 e. The van der Waals surface area contributed by atoms with Crippen LogP contribution in [0.2, 0.25) is 0 Å². The molecule has 0 spiro atoms. The molecule has 4 aromatic rings. The molecule has 3 aromatic carbocycles. The minimum absolute atomic E-state index is 0.0353. The third-order valence-electron chi connectivity index (χ3n) is 6.05. The average Bonchev–Trinajstić information content (AvgIpc) is 3.27. The van der Waals surface area contributed by atoms with E-state index in [9.17, 15) is 0 Å². The molecular formula is C27H25N3S. The van der Waals surface area contributed by atoms with Gasteiger partial charge < -0.3 is 4.90 Å². The van der Waals surface area contributed by atoms with Crippen molar-refractivity contribution in [2.24, 2.45) is 4.99 Å². The van der Waals surface area contributed by atoms with Crippen molar-refractivity contribution >= 4 is 39.1 Å². The number of fused-ring (bicyclic) bond motifs is 2. The van der Waals surface area contributed by atoms with Gasteiger partial charge in [0.15, 0.2) is 0 Å². The zero-order valence-corrected chi connectivity index (χ0v) is 19.1. The molecule has 0 saturated heterocycles. The fraction of sp³-hybridized carbons (Fsp3) is 0.185. The number of nitrogens with zero attached hydrogens (tertiary/aromatic N) is 3. The highest BCUT2D eigenvalue weighted by Crippen LogP contribution is 2.46. The molecule has 0 N–H and O–H groups in total. The Balaban J connectivity index is 1.37. The Labute approximate surface area is 187 Å². The summed E-state index contributed by atoms with van der Waals surface area (Å²) in [5.74, 6) is 0. The van der Waals surface area contributed by atoms with E-state index in [4.69, 9.17) is 4.98 Å². The molecule has 31 heavy (non-hydrogen) atoms. The molecular weight excluding hydrogens is 398 g/mol. The fourth-order valence-electron chi connectivity index (χ4n) is 4.34. The molecule has 154 valence electrons. The van der Waals surface area contributed by atoms with Crippen molar-refractivity contribution in [3.63, 3.8) is 0 Å². The Bertz CT molecular complexity index is 1330. The Morgan fingerprint density at radius 3 is 2.55 bits per heavy atom. The van der Waals surface area contributed by atoms with E-state index in [1.165, 1.54) is 27.2 Å². The molecule has 0 unspecified atom stereocenters. The number of aliphatic imine (C=N–C) groups is 1. The van der Waals surface area contributed by atoms with Crippen LogP contribution in [0.15, 0.2) is 83.5 Å². The topological polar surface area (TPSA) is 28.5 Å². The lowest BCUT2D eigenvalue weighted by molar-refractivity contribution is 0.641. The number of anilines is 1. The predicted octanol–water partition coefficient (Wildman–Crippen LogP) is 7.29. The van der Waals surface area contributed by atoms with Crippen LogP contribution in [-0.2, 0) is 5.41 Å². The molecule has 0 aliphatic carbocycles. The number of hydrogen-bond acceptors (Lipinski definition) is 4. The van der Waals surface area contributed by atoms with Crippen molar-refractivity contribution in [1.29, 1.82) is 0 Å². The van der Waals surface area contributed by atoms with E-state index in [0.717, 1.165) is 21.8 Å². The molecule has 0 radical (unpaired) electrons. The van der Waals surface area contributed by atoms with Crippen LogP contribution in [0.4, 0.5) is 11.4 Å². The van der Waals surface area contributed by atoms with Crippen molar-refractivity contribution in [1.82, 2.24) is 4.98 Å². The number of aryl methyl sites for hydroxylation is 1. The maximum Gasteiger partial charge on any atom is 0.124 e. The first-order valence-corrected chi connectivity index (χ1v) is 11.3. The summed E-state index contributed by atoms with van der Waals surface area (Å²) < 4.78 is 1.23. The summed E-state index contributed by atoms with van der Waals surface area (Å²) in [6.07, 6.45) is 4.04. The number of hydrogen-bond donors (Lipinski definition) is 0.